The van der Waals surface area contributed by atoms with E-state index in [1.165, 1.54) is 22.5 Å². The van der Waals surface area contributed by atoms with Crippen LogP contribution in [-0.2, 0) is 14.8 Å². The van der Waals surface area contributed by atoms with Crippen molar-refractivity contribution in [3.63, 3.8) is 0 Å². The molecule has 0 bridgehead atoms. The van der Waals surface area contributed by atoms with Gasteiger partial charge in [-0.25, -0.2) is 13.2 Å². The zero-order chi connectivity index (χ0) is 21.8. The maximum Gasteiger partial charge on any atom is 0.348 e. The average Bonchev–Trinajstić information content (AvgIpc) is 3.03. The summed E-state index contributed by atoms with van der Waals surface area (Å²) in [5.41, 5.74) is 0.705. The summed E-state index contributed by atoms with van der Waals surface area (Å²) in [5.74, 6) is -1.02. The van der Waals surface area contributed by atoms with Crippen molar-refractivity contribution in [2.45, 2.75) is 32.6 Å². The quantitative estimate of drug-likeness (QED) is 0.599. The number of thiophene rings is 1. The number of hydrogen-bond acceptors (Lipinski definition) is 6. The van der Waals surface area contributed by atoms with Crippen molar-refractivity contribution < 1.29 is 22.7 Å². The summed E-state index contributed by atoms with van der Waals surface area (Å²) < 4.78 is 31.7. The van der Waals surface area contributed by atoms with Gasteiger partial charge in [-0.2, -0.15) is 4.31 Å². The number of carbonyl (C=O) groups is 2. The van der Waals surface area contributed by atoms with E-state index < -0.39 is 21.9 Å². The van der Waals surface area contributed by atoms with Gasteiger partial charge in [0.25, 0.3) is 5.91 Å². The van der Waals surface area contributed by atoms with Crippen molar-refractivity contribution in [1.82, 2.24) is 4.31 Å². The topological polar surface area (TPSA) is 92.8 Å². The predicted molar refractivity (Wildman–Crippen MR) is 115 cm³/mol. The Morgan fingerprint density at radius 1 is 1.17 bits per heavy atom. The summed E-state index contributed by atoms with van der Waals surface area (Å²) in [6.45, 7) is 7.81. The lowest BCUT2D eigenvalue weighted by Crippen LogP contribution is -2.30. The number of esters is 1. The molecule has 1 amide bonds. The largest absolute Gasteiger partial charge is 0.462 e. The number of benzene rings is 1. The molecule has 1 aromatic carbocycles. The van der Waals surface area contributed by atoms with Gasteiger partial charge in [0.2, 0.25) is 10.0 Å². The summed E-state index contributed by atoms with van der Waals surface area (Å²) in [6, 6.07) is 5.68. The Hall–Kier alpha value is -1.94. The fourth-order valence-corrected chi connectivity index (χ4v) is 5.32. The van der Waals surface area contributed by atoms with Crippen LogP contribution >= 0.6 is 22.9 Å². The van der Waals surface area contributed by atoms with E-state index >= 15 is 0 Å². The van der Waals surface area contributed by atoms with Gasteiger partial charge < -0.3 is 10.1 Å². The van der Waals surface area contributed by atoms with Crippen LogP contribution in [0.4, 0.5) is 5.00 Å². The molecule has 1 aromatic heterocycles. The Kier molecular flexibility index (Phi) is 7.81. The van der Waals surface area contributed by atoms with Crippen LogP contribution in [0.3, 0.4) is 0 Å². The molecule has 29 heavy (non-hydrogen) atoms. The Labute approximate surface area is 179 Å². The standard InChI is InChI=1S/C19H23ClN2O5S2/c1-5-22(6-2)29(25,26)13-8-9-15(20)14(11-13)18(23)21-16-10-12(4)17(28-16)19(24)27-7-3/h8-11H,5-7H2,1-4H3,(H,21,23). The first-order valence-corrected chi connectivity index (χ1v) is 11.7. The number of ether oxygens (including phenoxy) is 1. The molecule has 0 aliphatic rings. The number of nitrogens with one attached hydrogen (secondary N) is 1. The molecule has 0 aliphatic heterocycles. The molecule has 1 heterocycles. The van der Waals surface area contributed by atoms with E-state index in [2.05, 4.69) is 5.32 Å². The van der Waals surface area contributed by atoms with Crippen molar-refractivity contribution in [1.29, 1.82) is 0 Å². The van der Waals surface area contributed by atoms with Crippen LogP contribution in [0.15, 0.2) is 29.2 Å². The highest BCUT2D eigenvalue weighted by atomic mass is 35.5. The van der Waals surface area contributed by atoms with Gasteiger partial charge in [0.15, 0.2) is 0 Å². The van der Waals surface area contributed by atoms with E-state index in [0.717, 1.165) is 11.3 Å². The number of carbonyl (C=O) groups excluding carboxylic acids is 2. The number of amides is 1. The van der Waals surface area contributed by atoms with Crippen LogP contribution in [0.25, 0.3) is 0 Å². The Balaban J connectivity index is 2.33. The second kappa shape index (κ2) is 9.71. The van der Waals surface area contributed by atoms with E-state index in [1.54, 1.807) is 33.8 Å². The maximum absolute atomic E-state index is 12.7. The van der Waals surface area contributed by atoms with Crippen LogP contribution in [0.2, 0.25) is 5.02 Å². The first-order valence-electron chi connectivity index (χ1n) is 9.04. The first-order chi connectivity index (χ1) is 13.6. The SMILES string of the molecule is CCOC(=O)c1sc(NC(=O)c2cc(S(=O)(=O)N(CC)CC)ccc2Cl)cc1C. The summed E-state index contributed by atoms with van der Waals surface area (Å²) in [4.78, 5) is 25.1. The number of hydrogen-bond donors (Lipinski definition) is 1. The van der Waals surface area contributed by atoms with Crippen molar-refractivity contribution in [2.75, 3.05) is 25.0 Å². The third-order valence-electron chi connectivity index (χ3n) is 4.14. The Bertz CT molecular complexity index is 1010. The molecule has 0 unspecified atom stereocenters. The molecule has 7 nitrogen and oxygen atoms in total. The van der Waals surface area contributed by atoms with Gasteiger partial charge in [0.05, 0.1) is 27.1 Å². The molecule has 10 heteroatoms. The fraction of sp³-hybridized carbons (Fsp3) is 0.368. The lowest BCUT2D eigenvalue weighted by molar-refractivity contribution is 0.0531. The second-order valence-electron chi connectivity index (χ2n) is 6.03. The van der Waals surface area contributed by atoms with Gasteiger partial charge in [-0.15, -0.1) is 11.3 Å². The van der Waals surface area contributed by atoms with Crippen molar-refractivity contribution >= 4 is 49.8 Å². The van der Waals surface area contributed by atoms with Gasteiger partial charge >= 0.3 is 5.97 Å². The van der Waals surface area contributed by atoms with Gasteiger partial charge in [-0.1, -0.05) is 25.4 Å². The smallest absolute Gasteiger partial charge is 0.348 e. The third-order valence-corrected chi connectivity index (χ3v) is 7.65. The van der Waals surface area contributed by atoms with E-state index in [4.69, 9.17) is 16.3 Å². The van der Waals surface area contributed by atoms with Crippen LogP contribution in [0, 0.1) is 6.92 Å². The Morgan fingerprint density at radius 3 is 2.41 bits per heavy atom. The highest BCUT2D eigenvalue weighted by Gasteiger charge is 2.24. The lowest BCUT2D eigenvalue weighted by atomic mass is 10.2. The number of nitrogens with zero attached hydrogens (tertiary/aromatic N) is 1. The molecule has 2 aromatic rings. The first kappa shape index (κ1) is 23.3. The van der Waals surface area contributed by atoms with Gasteiger partial charge in [-0.3, -0.25) is 4.79 Å². The normalized spacial score (nSPS) is 11.5. The summed E-state index contributed by atoms with van der Waals surface area (Å²) in [6.07, 6.45) is 0. The summed E-state index contributed by atoms with van der Waals surface area (Å²) >= 11 is 7.23. The van der Waals surface area contributed by atoms with Crippen molar-refractivity contribution in [3.8, 4) is 0 Å². The molecule has 0 saturated carbocycles. The molecular formula is C19H23ClN2O5S2. The number of aryl methyl sites for hydroxylation is 1. The molecule has 0 radical (unpaired) electrons. The number of anilines is 1. The van der Waals surface area contributed by atoms with Crippen LogP contribution < -0.4 is 5.32 Å². The van der Waals surface area contributed by atoms with E-state index in [-0.39, 0.29) is 22.1 Å². The highest BCUT2D eigenvalue weighted by Crippen LogP contribution is 2.29. The predicted octanol–water partition coefficient (Wildman–Crippen LogP) is 4.17. The second-order valence-corrected chi connectivity index (χ2v) is 9.43. The minimum atomic E-state index is -3.73. The molecular weight excluding hydrogens is 436 g/mol. The molecule has 0 aliphatic carbocycles. The van der Waals surface area contributed by atoms with Crippen molar-refractivity contribution in [2.24, 2.45) is 0 Å². The van der Waals surface area contributed by atoms with E-state index in [9.17, 15) is 18.0 Å². The van der Waals surface area contributed by atoms with E-state index in [0.29, 0.717) is 28.5 Å². The Morgan fingerprint density at radius 2 is 1.83 bits per heavy atom. The van der Waals surface area contributed by atoms with Crippen LogP contribution in [0.5, 0.6) is 0 Å². The molecule has 1 N–H and O–H groups in total. The van der Waals surface area contributed by atoms with Crippen LogP contribution in [0.1, 0.15) is 46.4 Å². The highest BCUT2D eigenvalue weighted by molar-refractivity contribution is 7.89. The van der Waals surface area contributed by atoms with Gasteiger partial charge in [0.1, 0.15) is 4.88 Å². The summed E-state index contributed by atoms with van der Waals surface area (Å²) in [5, 5.41) is 3.23. The van der Waals surface area contributed by atoms with Crippen LogP contribution in [-0.4, -0.2) is 44.3 Å². The molecule has 0 fully saturated rings. The van der Waals surface area contributed by atoms with E-state index in [1.807, 2.05) is 0 Å². The molecule has 2 rings (SSSR count). The number of rotatable bonds is 8. The molecule has 0 saturated heterocycles. The number of halogens is 1. The van der Waals surface area contributed by atoms with Gasteiger partial charge in [-0.05, 0) is 43.7 Å². The zero-order valence-corrected chi connectivity index (χ0v) is 19.0. The van der Waals surface area contributed by atoms with Crippen molar-refractivity contribution in [3.05, 3.63) is 45.3 Å². The lowest BCUT2D eigenvalue weighted by Gasteiger charge is -2.19. The van der Waals surface area contributed by atoms with Gasteiger partial charge in [0, 0.05) is 13.1 Å². The minimum absolute atomic E-state index is 0.00896. The monoisotopic (exact) mass is 458 g/mol. The maximum atomic E-state index is 12.7. The third kappa shape index (κ3) is 5.16. The minimum Gasteiger partial charge on any atom is -0.462 e. The number of sulfonamides is 1. The fourth-order valence-electron chi connectivity index (χ4n) is 2.67. The zero-order valence-electron chi connectivity index (χ0n) is 16.6. The molecule has 0 spiro atoms. The summed E-state index contributed by atoms with van der Waals surface area (Å²) in [7, 11) is -3.73. The molecule has 158 valence electrons. The molecule has 0 atom stereocenters. The average molecular weight is 459 g/mol.